The van der Waals surface area contributed by atoms with E-state index in [0.717, 1.165) is 36.1 Å². The van der Waals surface area contributed by atoms with Gasteiger partial charge in [-0.25, -0.2) is 14.5 Å². The summed E-state index contributed by atoms with van der Waals surface area (Å²) in [5, 5.41) is 22.8. The van der Waals surface area contributed by atoms with Gasteiger partial charge in [0.1, 0.15) is 6.33 Å². The van der Waals surface area contributed by atoms with E-state index in [0.29, 0.717) is 24.7 Å². The fourth-order valence-corrected chi connectivity index (χ4v) is 4.76. The predicted molar refractivity (Wildman–Crippen MR) is 141 cm³/mol. The number of unbranched alkanes of at least 4 members (excludes halogenated alkanes) is 1. The summed E-state index contributed by atoms with van der Waals surface area (Å²) in [7, 11) is 0. The van der Waals surface area contributed by atoms with Gasteiger partial charge in [0, 0.05) is 47.4 Å². The molecule has 37 heavy (non-hydrogen) atoms. The van der Waals surface area contributed by atoms with Crippen LogP contribution in [0.4, 0.5) is 0 Å². The van der Waals surface area contributed by atoms with Crippen molar-refractivity contribution in [2.24, 2.45) is 4.99 Å². The van der Waals surface area contributed by atoms with Gasteiger partial charge in [-0.3, -0.25) is 14.1 Å². The lowest BCUT2D eigenvalue weighted by Gasteiger charge is -2.32. The number of aromatic amines is 1. The number of nitrogens with one attached hydrogen (secondary N) is 1. The molecule has 1 N–H and O–H groups in total. The van der Waals surface area contributed by atoms with Crippen LogP contribution in [0.2, 0.25) is 0 Å². The molecule has 1 aliphatic heterocycles. The molecule has 0 fully saturated rings. The largest absolute Gasteiger partial charge is 0.335 e. The van der Waals surface area contributed by atoms with Gasteiger partial charge in [-0.05, 0) is 62.1 Å². The third-order valence-electron chi connectivity index (χ3n) is 6.85. The van der Waals surface area contributed by atoms with Gasteiger partial charge in [0.05, 0.1) is 0 Å². The van der Waals surface area contributed by atoms with E-state index in [1.165, 1.54) is 0 Å². The number of aromatic nitrogens is 9. The highest BCUT2D eigenvalue weighted by Crippen LogP contribution is 2.35. The maximum Gasteiger partial charge on any atom is 0.335 e. The van der Waals surface area contributed by atoms with Crippen LogP contribution < -0.4 is 5.69 Å². The maximum atomic E-state index is 14.0. The molecule has 0 saturated heterocycles. The molecule has 5 rings (SSSR count). The van der Waals surface area contributed by atoms with E-state index in [1.54, 1.807) is 10.9 Å². The van der Waals surface area contributed by atoms with Crippen molar-refractivity contribution >= 4 is 6.21 Å². The Hall–Kier alpha value is -4.15. The molecule has 11 heteroatoms. The fourth-order valence-electron chi connectivity index (χ4n) is 4.76. The van der Waals surface area contributed by atoms with Gasteiger partial charge in [-0.15, -0.1) is 15.3 Å². The molecule has 0 spiro atoms. The molecular weight excluding hydrogens is 468 g/mol. The Balaban J connectivity index is 1.62. The second kappa shape index (κ2) is 9.72. The number of allylic oxidation sites excluding steroid dienone is 1. The first kappa shape index (κ1) is 24.5. The lowest BCUT2D eigenvalue weighted by molar-refractivity contribution is 0.388. The van der Waals surface area contributed by atoms with Crippen molar-refractivity contribution < 1.29 is 0 Å². The van der Waals surface area contributed by atoms with E-state index < -0.39 is 5.41 Å². The highest BCUT2D eigenvalue weighted by Gasteiger charge is 2.33. The minimum absolute atomic E-state index is 0.129. The Bertz CT molecular complexity index is 1480. The third-order valence-corrected chi connectivity index (χ3v) is 6.85. The molecule has 4 aromatic rings. The SMILES string of the molecule is CCCCc1cn(-c2nncn2C(C)(C)C)c(=O)n1CC1(c2cccc(-c3nnn[nH]3)c2)C=CN=CC1. The topological polar surface area (TPSA) is 124 Å². The molecule has 0 bridgehead atoms. The summed E-state index contributed by atoms with van der Waals surface area (Å²) in [6.45, 7) is 8.82. The van der Waals surface area contributed by atoms with Crippen LogP contribution in [-0.4, -0.2) is 50.7 Å². The van der Waals surface area contributed by atoms with Crippen molar-refractivity contribution in [3.05, 3.63) is 70.8 Å². The van der Waals surface area contributed by atoms with E-state index >= 15 is 0 Å². The number of imidazole rings is 1. The molecule has 11 nitrogen and oxygen atoms in total. The molecule has 0 saturated carbocycles. The van der Waals surface area contributed by atoms with Gasteiger partial charge in [0.25, 0.3) is 0 Å². The second-order valence-electron chi connectivity index (χ2n) is 10.5. The average Bonchev–Trinajstić information content (AvgIpc) is 3.65. The van der Waals surface area contributed by atoms with Crippen LogP contribution in [0.5, 0.6) is 0 Å². The number of hydrogen-bond acceptors (Lipinski definition) is 7. The van der Waals surface area contributed by atoms with Crippen LogP contribution in [-0.2, 0) is 23.9 Å². The monoisotopic (exact) mass is 500 g/mol. The zero-order chi connectivity index (χ0) is 26.0. The molecule has 1 aromatic carbocycles. The molecule has 1 atom stereocenters. The van der Waals surface area contributed by atoms with Crippen LogP contribution in [0, 0.1) is 0 Å². The number of H-pyrrole nitrogens is 1. The van der Waals surface area contributed by atoms with Crippen molar-refractivity contribution in [1.82, 2.24) is 44.5 Å². The van der Waals surface area contributed by atoms with Gasteiger partial charge in [-0.1, -0.05) is 37.6 Å². The highest BCUT2D eigenvalue weighted by molar-refractivity contribution is 5.65. The number of tetrazole rings is 1. The lowest BCUT2D eigenvalue weighted by Crippen LogP contribution is -2.37. The van der Waals surface area contributed by atoms with Crippen molar-refractivity contribution in [3.8, 4) is 17.3 Å². The van der Waals surface area contributed by atoms with Crippen LogP contribution in [0.25, 0.3) is 17.3 Å². The molecular formula is C26H32N10O. The number of aryl methyl sites for hydroxylation is 1. The molecule has 4 heterocycles. The molecule has 0 aliphatic carbocycles. The van der Waals surface area contributed by atoms with E-state index in [-0.39, 0.29) is 11.2 Å². The van der Waals surface area contributed by atoms with Gasteiger partial charge in [0.15, 0.2) is 5.82 Å². The molecule has 1 aliphatic rings. The normalized spacial score (nSPS) is 17.5. The number of aliphatic imine (C=N–C) groups is 1. The van der Waals surface area contributed by atoms with Crippen molar-refractivity contribution in [2.45, 2.75) is 70.9 Å². The number of hydrogen-bond donors (Lipinski definition) is 1. The molecule has 3 aromatic heterocycles. The summed E-state index contributed by atoms with van der Waals surface area (Å²) in [5.41, 5.74) is 2.04. The maximum absolute atomic E-state index is 14.0. The minimum Gasteiger partial charge on any atom is -0.295 e. The first-order valence-corrected chi connectivity index (χ1v) is 12.6. The Morgan fingerprint density at radius 1 is 1.19 bits per heavy atom. The number of benzene rings is 1. The van der Waals surface area contributed by atoms with Crippen molar-refractivity contribution in [3.63, 3.8) is 0 Å². The first-order chi connectivity index (χ1) is 17.8. The molecule has 0 radical (unpaired) electrons. The molecule has 1 unspecified atom stereocenters. The van der Waals surface area contributed by atoms with Gasteiger partial charge < -0.3 is 0 Å². The zero-order valence-electron chi connectivity index (χ0n) is 21.7. The highest BCUT2D eigenvalue weighted by atomic mass is 16.2. The van der Waals surface area contributed by atoms with E-state index in [9.17, 15) is 4.79 Å². The summed E-state index contributed by atoms with van der Waals surface area (Å²) >= 11 is 0. The summed E-state index contributed by atoms with van der Waals surface area (Å²) in [6, 6.07) is 8.12. The Morgan fingerprint density at radius 2 is 2.05 bits per heavy atom. The summed E-state index contributed by atoms with van der Waals surface area (Å²) in [5.74, 6) is 1.11. The van der Waals surface area contributed by atoms with Crippen molar-refractivity contribution in [2.75, 3.05) is 0 Å². The van der Waals surface area contributed by atoms with Gasteiger partial charge >= 0.3 is 5.69 Å². The molecule has 192 valence electrons. The minimum atomic E-state index is -0.472. The molecule has 0 amide bonds. The van der Waals surface area contributed by atoms with Gasteiger partial charge in [-0.2, -0.15) is 0 Å². The predicted octanol–water partition coefficient (Wildman–Crippen LogP) is 3.43. The van der Waals surface area contributed by atoms with E-state index in [4.69, 9.17) is 0 Å². The van der Waals surface area contributed by atoms with E-state index in [1.807, 2.05) is 39.9 Å². The summed E-state index contributed by atoms with van der Waals surface area (Å²) in [4.78, 5) is 18.3. The summed E-state index contributed by atoms with van der Waals surface area (Å²) in [6.07, 6.45) is 12.9. The first-order valence-electron chi connectivity index (χ1n) is 12.6. The number of nitrogens with zero attached hydrogens (tertiary/aromatic N) is 9. The van der Waals surface area contributed by atoms with Crippen molar-refractivity contribution in [1.29, 1.82) is 0 Å². The quantitative estimate of drug-likeness (QED) is 0.395. The Morgan fingerprint density at radius 3 is 2.76 bits per heavy atom. The average molecular weight is 501 g/mol. The zero-order valence-corrected chi connectivity index (χ0v) is 21.7. The lowest BCUT2D eigenvalue weighted by atomic mass is 9.76. The Labute approximate surface area is 215 Å². The summed E-state index contributed by atoms with van der Waals surface area (Å²) < 4.78 is 5.46. The van der Waals surface area contributed by atoms with Crippen LogP contribution >= 0.6 is 0 Å². The third kappa shape index (κ3) is 4.68. The second-order valence-corrected chi connectivity index (χ2v) is 10.5. The fraction of sp³-hybridized carbons (Fsp3) is 0.423. The standard InChI is InChI=1S/C26H32N10O/c1-5-6-10-21-16-34(23-31-28-18-36(23)25(2,3)4)24(37)35(21)17-26(11-13-27-14-12-26)20-9-7-8-19(15-20)22-29-32-33-30-22/h7-9,11,13-16,18H,5-6,10,12,17H2,1-4H3,(H,29,30,32,33). The smallest absolute Gasteiger partial charge is 0.295 e. The van der Waals surface area contributed by atoms with E-state index in [2.05, 4.69) is 81.7 Å². The van der Waals surface area contributed by atoms with Gasteiger partial charge in [0.2, 0.25) is 5.95 Å². The van der Waals surface area contributed by atoms with Crippen LogP contribution in [0.15, 0.2) is 58.9 Å². The Kier molecular flexibility index (Phi) is 6.45. The van der Waals surface area contributed by atoms with Crippen LogP contribution in [0.1, 0.15) is 58.2 Å². The van der Waals surface area contributed by atoms with Crippen LogP contribution in [0.3, 0.4) is 0 Å². The number of rotatable bonds is 8.